The Morgan fingerprint density at radius 1 is 1.25 bits per heavy atom. The van der Waals surface area contributed by atoms with Gasteiger partial charge in [-0.25, -0.2) is 0 Å². The Hall–Kier alpha value is -2.70. The van der Waals surface area contributed by atoms with Crippen LogP contribution in [0.15, 0.2) is 28.8 Å². The van der Waals surface area contributed by atoms with E-state index in [1.807, 2.05) is 24.3 Å². The number of nitrogens with one attached hydrogen (secondary N) is 1. The monoisotopic (exact) mass is 329 g/mol. The maximum Gasteiger partial charge on any atom is 0.319 e. The fraction of sp³-hybridized carbons (Fsp3) is 0.412. The largest absolute Gasteiger partial charge is 0.480 e. The van der Waals surface area contributed by atoms with Crippen LogP contribution in [0, 0.1) is 12.3 Å². The number of carbonyl (C=O) groups is 2. The molecule has 0 bridgehead atoms. The van der Waals surface area contributed by atoms with E-state index in [2.05, 4.69) is 15.5 Å². The third-order valence-electron chi connectivity index (χ3n) is 4.49. The number of aryl methyl sites for hydroxylation is 1. The highest BCUT2D eigenvalue weighted by molar-refractivity contribution is 6.02. The van der Waals surface area contributed by atoms with Crippen LogP contribution >= 0.6 is 0 Å². The van der Waals surface area contributed by atoms with Crippen molar-refractivity contribution in [3.05, 3.63) is 35.7 Å². The minimum atomic E-state index is -1.26. The number of carboxylic acid groups (broad SMARTS) is 1. The Bertz CT molecular complexity index is 745. The van der Waals surface area contributed by atoms with Crippen molar-refractivity contribution in [1.82, 2.24) is 15.5 Å². The molecule has 3 rings (SSSR count). The van der Waals surface area contributed by atoms with E-state index in [9.17, 15) is 14.7 Å². The summed E-state index contributed by atoms with van der Waals surface area (Å²) in [6, 6.07) is 7.38. The van der Waals surface area contributed by atoms with Crippen LogP contribution < -0.4 is 5.32 Å². The average molecular weight is 329 g/mol. The number of benzene rings is 1. The van der Waals surface area contributed by atoms with Gasteiger partial charge in [-0.05, 0) is 18.4 Å². The normalized spacial score (nSPS) is 16.0. The Labute approximate surface area is 139 Å². The van der Waals surface area contributed by atoms with Gasteiger partial charge >= 0.3 is 5.97 Å². The molecule has 1 heterocycles. The summed E-state index contributed by atoms with van der Waals surface area (Å²) in [6.07, 6.45) is 2.37. The summed E-state index contributed by atoms with van der Waals surface area (Å²) < 4.78 is 4.94. The van der Waals surface area contributed by atoms with Gasteiger partial charge in [0.25, 0.3) is 0 Å². The van der Waals surface area contributed by atoms with Gasteiger partial charge in [0.15, 0.2) is 0 Å². The Kier molecular flexibility index (Phi) is 4.33. The first-order valence-corrected chi connectivity index (χ1v) is 7.92. The summed E-state index contributed by atoms with van der Waals surface area (Å²) in [6.45, 7) is 2.02. The predicted molar refractivity (Wildman–Crippen MR) is 84.9 cm³/mol. The number of hydrogen-bond acceptors (Lipinski definition) is 5. The molecule has 0 spiro atoms. The molecule has 126 valence electrons. The van der Waals surface area contributed by atoms with Crippen molar-refractivity contribution in [2.24, 2.45) is 5.41 Å². The van der Waals surface area contributed by atoms with Gasteiger partial charge in [0, 0.05) is 19.0 Å². The van der Waals surface area contributed by atoms with Gasteiger partial charge in [0.05, 0.1) is 0 Å². The number of hydrogen-bond donors (Lipinski definition) is 2. The SMILES string of the molecule is Cc1nc(-c2ccc(CNC(=O)C3(C(=O)O)CCCC3)cc2)no1. The molecule has 1 aliphatic rings. The number of amides is 1. The second kappa shape index (κ2) is 6.43. The van der Waals surface area contributed by atoms with E-state index in [1.165, 1.54) is 0 Å². The molecule has 2 aromatic rings. The van der Waals surface area contributed by atoms with E-state index in [0.29, 0.717) is 31.1 Å². The molecule has 1 fully saturated rings. The van der Waals surface area contributed by atoms with E-state index in [0.717, 1.165) is 24.0 Å². The quantitative estimate of drug-likeness (QED) is 0.816. The molecule has 0 atom stereocenters. The maximum atomic E-state index is 12.3. The van der Waals surface area contributed by atoms with Crippen molar-refractivity contribution < 1.29 is 19.2 Å². The highest BCUT2D eigenvalue weighted by Crippen LogP contribution is 2.38. The smallest absolute Gasteiger partial charge is 0.319 e. The molecular weight excluding hydrogens is 310 g/mol. The maximum absolute atomic E-state index is 12.3. The summed E-state index contributed by atoms with van der Waals surface area (Å²) in [7, 11) is 0. The summed E-state index contributed by atoms with van der Waals surface area (Å²) >= 11 is 0. The van der Waals surface area contributed by atoms with Gasteiger partial charge in [0.2, 0.25) is 17.6 Å². The van der Waals surface area contributed by atoms with Crippen molar-refractivity contribution in [3.8, 4) is 11.4 Å². The van der Waals surface area contributed by atoms with Crippen LogP contribution in [0.1, 0.15) is 37.1 Å². The van der Waals surface area contributed by atoms with E-state index in [1.54, 1.807) is 6.92 Å². The molecule has 1 amide bonds. The van der Waals surface area contributed by atoms with Gasteiger partial charge in [-0.3, -0.25) is 9.59 Å². The number of nitrogens with zero attached hydrogens (tertiary/aromatic N) is 2. The standard InChI is InChI=1S/C17H19N3O4/c1-11-19-14(20-24-11)13-6-4-12(5-7-13)10-18-15(21)17(16(22)23)8-2-3-9-17/h4-7H,2-3,8-10H2,1H3,(H,18,21)(H,22,23). The van der Waals surface area contributed by atoms with Crippen LogP contribution in [-0.2, 0) is 16.1 Å². The summed E-state index contributed by atoms with van der Waals surface area (Å²) in [5.41, 5.74) is 0.438. The van der Waals surface area contributed by atoms with Gasteiger partial charge < -0.3 is 14.9 Å². The van der Waals surface area contributed by atoms with Crippen molar-refractivity contribution in [2.75, 3.05) is 0 Å². The lowest BCUT2D eigenvalue weighted by Crippen LogP contribution is -2.44. The zero-order valence-corrected chi connectivity index (χ0v) is 13.4. The summed E-state index contributed by atoms with van der Waals surface area (Å²) in [5.74, 6) is -0.415. The van der Waals surface area contributed by atoms with Gasteiger partial charge in [0.1, 0.15) is 5.41 Å². The van der Waals surface area contributed by atoms with Crippen LogP contribution in [0.2, 0.25) is 0 Å². The zero-order valence-electron chi connectivity index (χ0n) is 13.4. The summed E-state index contributed by atoms with van der Waals surface area (Å²) in [4.78, 5) is 28.0. The van der Waals surface area contributed by atoms with E-state index in [4.69, 9.17) is 4.52 Å². The number of carbonyl (C=O) groups excluding carboxylic acids is 1. The molecule has 7 heteroatoms. The highest BCUT2D eigenvalue weighted by Gasteiger charge is 2.47. The second-order valence-electron chi connectivity index (χ2n) is 6.11. The number of carboxylic acids is 1. The molecule has 2 N–H and O–H groups in total. The predicted octanol–water partition coefficient (Wildman–Crippen LogP) is 2.31. The lowest BCUT2D eigenvalue weighted by Gasteiger charge is -2.22. The minimum Gasteiger partial charge on any atom is -0.480 e. The van der Waals surface area contributed by atoms with E-state index in [-0.39, 0.29) is 0 Å². The van der Waals surface area contributed by atoms with Crippen LogP contribution in [-0.4, -0.2) is 27.1 Å². The van der Waals surface area contributed by atoms with Crippen molar-refractivity contribution in [3.63, 3.8) is 0 Å². The first-order chi connectivity index (χ1) is 11.5. The lowest BCUT2D eigenvalue weighted by atomic mass is 9.85. The van der Waals surface area contributed by atoms with Gasteiger partial charge in [-0.15, -0.1) is 0 Å². The fourth-order valence-corrected chi connectivity index (χ4v) is 3.06. The molecule has 0 unspecified atom stereocenters. The zero-order chi connectivity index (χ0) is 17.2. The fourth-order valence-electron chi connectivity index (χ4n) is 3.06. The molecule has 0 aliphatic heterocycles. The average Bonchev–Trinajstić information content (AvgIpc) is 3.23. The molecule has 0 saturated heterocycles. The highest BCUT2D eigenvalue weighted by atomic mass is 16.5. The second-order valence-corrected chi connectivity index (χ2v) is 6.11. The molecule has 0 radical (unpaired) electrons. The third-order valence-corrected chi connectivity index (χ3v) is 4.49. The molecule has 7 nitrogen and oxygen atoms in total. The third kappa shape index (κ3) is 3.02. The topological polar surface area (TPSA) is 105 Å². The number of aliphatic carboxylic acids is 1. The Morgan fingerprint density at radius 3 is 2.46 bits per heavy atom. The Balaban J connectivity index is 1.64. The molecule has 1 saturated carbocycles. The van der Waals surface area contributed by atoms with E-state index >= 15 is 0 Å². The number of rotatable bonds is 5. The van der Waals surface area contributed by atoms with Gasteiger partial charge in [-0.1, -0.05) is 42.3 Å². The van der Waals surface area contributed by atoms with Gasteiger partial charge in [-0.2, -0.15) is 4.98 Å². The van der Waals surface area contributed by atoms with Crippen molar-refractivity contribution in [2.45, 2.75) is 39.2 Å². The summed E-state index contributed by atoms with van der Waals surface area (Å²) in [5, 5.41) is 16.0. The van der Waals surface area contributed by atoms with E-state index < -0.39 is 17.3 Å². The first-order valence-electron chi connectivity index (χ1n) is 7.92. The molecule has 1 aromatic carbocycles. The number of aromatic nitrogens is 2. The van der Waals surface area contributed by atoms with Crippen molar-refractivity contribution >= 4 is 11.9 Å². The molecule has 1 aliphatic carbocycles. The molecular formula is C17H19N3O4. The molecule has 24 heavy (non-hydrogen) atoms. The van der Waals surface area contributed by atoms with Crippen molar-refractivity contribution in [1.29, 1.82) is 0 Å². The first kappa shape index (κ1) is 16.2. The minimum absolute atomic E-state index is 0.291. The van der Waals surface area contributed by atoms with Crippen LogP contribution in [0.25, 0.3) is 11.4 Å². The lowest BCUT2D eigenvalue weighted by molar-refractivity contribution is -0.155. The van der Waals surface area contributed by atoms with Crippen LogP contribution in [0.3, 0.4) is 0 Å². The molecule has 1 aromatic heterocycles. The van der Waals surface area contributed by atoms with Crippen LogP contribution in [0.5, 0.6) is 0 Å². The Morgan fingerprint density at radius 2 is 1.92 bits per heavy atom. The van der Waals surface area contributed by atoms with Crippen LogP contribution in [0.4, 0.5) is 0 Å².